The molecule has 2 aliphatic rings. The molecule has 22 heavy (non-hydrogen) atoms. The minimum Gasteiger partial charge on any atom is -0.454 e. The summed E-state index contributed by atoms with van der Waals surface area (Å²) < 4.78 is 23.0. The molecule has 1 aromatic carbocycles. The number of ether oxygens (including phenoxy) is 2. The van der Waals surface area contributed by atoms with Crippen LogP contribution in [0.15, 0.2) is 18.2 Å². The van der Waals surface area contributed by atoms with Gasteiger partial charge < -0.3 is 18.8 Å². The van der Waals surface area contributed by atoms with Gasteiger partial charge in [0.2, 0.25) is 6.79 Å². The maximum absolute atomic E-state index is 6.12. The van der Waals surface area contributed by atoms with E-state index in [4.69, 9.17) is 18.8 Å². The lowest BCUT2D eigenvalue weighted by molar-refractivity contribution is 0.00578. The Morgan fingerprint density at radius 3 is 2.36 bits per heavy atom. The molecule has 0 aliphatic carbocycles. The number of benzene rings is 1. The van der Waals surface area contributed by atoms with E-state index in [0.717, 1.165) is 24.3 Å². The molecule has 120 valence electrons. The number of rotatable bonds is 4. The van der Waals surface area contributed by atoms with Crippen LogP contribution in [0.25, 0.3) is 0 Å². The van der Waals surface area contributed by atoms with Crippen LogP contribution in [0.5, 0.6) is 11.5 Å². The molecule has 0 bridgehead atoms. The fourth-order valence-electron chi connectivity index (χ4n) is 2.75. The van der Waals surface area contributed by atoms with Gasteiger partial charge in [0.15, 0.2) is 11.5 Å². The molecule has 1 aromatic rings. The molecule has 1 atom stereocenters. The van der Waals surface area contributed by atoms with Gasteiger partial charge in [0, 0.05) is 0 Å². The number of hydrogen-bond acceptors (Lipinski definition) is 4. The fraction of sp³-hybridized carbons (Fsp3) is 0.647. The first kappa shape index (κ1) is 15.7. The van der Waals surface area contributed by atoms with Crippen molar-refractivity contribution in [1.29, 1.82) is 0 Å². The van der Waals surface area contributed by atoms with Gasteiger partial charge >= 0.3 is 7.12 Å². The molecule has 0 amide bonds. The monoisotopic (exact) mass is 304 g/mol. The molecule has 1 fully saturated rings. The van der Waals surface area contributed by atoms with Crippen molar-refractivity contribution in [1.82, 2.24) is 0 Å². The minimum atomic E-state index is -0.259. The van der Waals surface area contributed by atoms with Crippen LogP contribution in [0, 0.1) is 0 Å². The normalized spacial score (nSPS) is 22.9. The van der Waals surface area contributed by atoms with Crippen LogP contribution in [-0.4, -0.2) is 25.1 Å². The predicted octanol–water partition coefficient (Wildman–Crippen LogP) is 3.83. The maximum atomic E-state index is 6.12. The van der Waals surface area contributed by atoms with E-state index in [1.807, 2.05) is 6.07 Å². The molecule has 0 saturated carbocycles. The Morgan fingerprint density at radius 2 is 1.68 bits per heavy atom. The van der Waals surface area contributed by atoms with E-state index < -0.39 is 0 Å². The largest absolute Gasteiger partial charge is 0.460 e. The minimum absolute atomic E-state index is 0.140. The Balaban J connectivity index is 1.58. The van der Waals surface area contributed by atoms with E-state index in [2.05, 4.69) is 46.8 Å². The van der Waals surface area contributed by atoms with Crippen molar-refractivity contribution in [3.05, 3.63) is 23.8 Å². The van der Waals surface area contributed by atoms with Gasteiger partial charge in [-0.1, -0.05) is 13.0 Å². The summed E-state index contributed by atoms with van der Waals surface area (Å²) in [6, 6.07) is 6.15. The summed E-state index contributed by atoms with van der Waals surface area (Å²) in [6.45, 7) is 10.9. The van der Waals surface area contributed by atoms with E-state index >= 15 is 0 Å². The van der Waals surface area contributed by atoms with Crippen LogP contribution < -0.4 is 9.47 Å². The molecule has 2 aliphatic heterocycles. The predicted molar refractivity (Wildman–Crippen MR) is 86.4 cm³/mol. The van der Waals surface area contributed by atoms with E-state index in [1.165, 1.54) is 5.56 Å². The first-order valence-corrected chi connectivity index (χ1v) is 8.03. The van der Waals surface area contributed by atoms with Crippen molar-refractivity contribution >= 4 is 7.12 Å². The number of fused-ring (bicyclic) bond motifs is 1. The average Bonchev–Trinajstić information content (AvgIpc) is 2.98. The van der Waals surface area contributed by atoms with Gasteiger partial charge in [0.25, 0.3) is 0 Å². The molecule has 0 N–H and O–H groups in total. The molecule has 5 heteroatoms. The zero-order valence-electron chi connectivity index (χ0n) is 14.1. The summed E-state index contributed by atoms with van der Waals surface area (Å²) in [4.78, 5) is 0. The third kappa shape index (κ3) is 2.84. The zero-order chi connectivity index (χ0) is 16.0. The van der Waals surface area contributed by atoms with Crippen molar-refractivity contribution < 1.29 is 18.8 Å². The lowest BCUT2D eigenvalue weighted by Crippen LogP contribution is -2.41. The van der Waals surface area contributed by atoms with E-state index in [1.54, 1.807) is 0 Å². The average molecular weight is 304 g/mol. The van der Waals surface area contributed by atoms with Gasteiger partial charge in [0.05, 0.1) is 11.2 Å². The lowest BCUT2D eigenvalue weighted by Gasteiger charge is -2.32. The Morgan fingerprint density at radius 1 is 1.05 bits per heavy atom. The second-order valence-electron chi connectivity index (χ2n) is 7.33. The van der Waals surface area contributed by atoms with E-state index in [-0.39, 0.29) is 18.3 Å². The van der Waals surface area contributed by atoms with Crippen molar-refractivity contribution in [3.63, 3.8) is 0 Å². The molecule has 1 saturated heterocycles. The number of hydrogen-bond donors (Lipinski definition) is 0. The summed E-state index contributed by atoms with van der Waals surface area (Å²) >= 11 is 0. The van der Waals surface area contributed by atoms with Crippen LogP contribution in [0.4, 0.5) is 0 Å². The third-order valence-corrected chi connectivity index (χ3v) is 5.06. The molecule has 3 rings (SSSR count). The standard InChI is InChI=1S/C17H25BO4/c1-12(18-21-16(2,3)17(4,5)22-18)6-7-13-8-9-14-15(10-13)20-11-19-14/h8-10,12H,6-7,11H2,1-5H3. The van der Waals surface area contributed by atoms with Gasteiger partial charge in [-0.2, -0.15) is 0 Å². The summed E-state index contributed by atoms with van der Waals surface area (Å²) in [5.41, 5.74) is 0.739. The highest BCUT2D eigenvalue weighted by Crippen LogP contribution is 2.41. The van der Waals surface area contributed by atoms with Crippen LogP contribution >= 0.6 is 0 Å². The van der Waals surface area contributed by atoms with Crippen LogP contribution in [-0.2, 0) is 15.7 Å². The molecule has 2 heterocycles. The first-order chi connectivity index (χ1) is 10.3. The van der Waals surface area contributed by atoms with Crippen molar-refractivity contribution in [3.8, 4) is 11.5 Å². The molecular formula is C17H25BO4. The number of aryl methyl sites for hydroxylation is 1. The molecule has 1 unspecified atom stereocenters. The Hall–Kier alpha value is -1.20. The quantitative estimate of drug-likeness (QED) is 0.792. The summed E-state index contributed by atoms with van der Waals surface area (Å²) in [6.07, 6.45) is 1.98. The van der Waals surface area contributed by atoms with Crippen LogP contribution in [0.1, 0.15) is 46.6 Å². The molecule has 0 spiro atoms. The van der Waals surface area contributed by atoms with Gasteiger partial charge in [0.1, 0.15) is 0 Å². The topological polar surface area (TPSA) is 36.9 Å². The smallest absolute Gasteiger partial charge is 0.454 e. The van der Waals surface area contributed by atoms with Crippen molar-refractivity contribution in [2.75, 3.05) is 6.79 Å². The van der Waals surface area contributed by atoms with Crippen molar-refractivity contribution in [2.45, 2.75) is 64.5 Å². The van der Waals surface area contributed by atoms with Crippen molar-refractivity contribution in [2.24, 2.45) is 0 Å². The molecule has 0 aromatic heterocycles. The Kier molecular flexibility index (Phi) is 3.90. The Bertz CT molecular complexity index is 540. The van der Waals surface area contributed by atoms with Gasteiger partial charge in [-0.25, -0.2) is 0 Å². The third-order valence-electron chi connectivity index (χ3n) is 5.06. The molecule has 4 nitrogen and oxygen atoms in total. The van der Waals surface area contributed by atoms with E-state index in [0.29, 0.717) is 12.6 Å². The summed E-state index contributed by atoms with van der Waals surface area (Å²) in [5.74, 6) is 2.02. The Labute approximate surface area is 133 Å². The summed E-state index contributed by atoms with van der Waals surface area (Å²) in [7, 11) is -0.140. The lowest BCUT2D eigenvalue weighted by atomic mass is 9.70. The highest BCUT2D eigenvalue weighted by Gasteiger charge is 2.52. The van der Waals surface area contributed by atoms with E-state index in [9.17, 15) is 0 Å². The SMILES string of the molecule is CC(CCc1ccc2c(c1)OCO2)B1OC(C)(C)C(C)(C)O1. The fourth-order valence-corrected chi connectivity index (χ4v) is 2.75. The second kappa shape index (κ2) is 5.46. The van der Waals surface area contributed by atoms with Crippen LogP contribution in [0.3, 0.4) is 0 Å². The molecule has 0 radical (unpaired) electrons. The van der Waals surface area contributed by atoms with Gasteiger partial charge in [-0.05, 0) is 64.1 Å². The zero-order valence-corrected chi connectivity index (χ0v) is 14.1. The first-order valence-electron chi connectivity index (χ1n) is 8.03. The maximum Gasteiger partial charge on any atom is 0.460 e. The highest BCUT2D eigenvalue weighted by atomic mass is 16.7. The highest BCUT2D eigenvalue weighted by molar-refractivity contribution is 6.47. The van der Waals surface area contributed by atoms with Gasteiger partial charge in [-0.3, -0.25) is 0 Å². The summed E-state index contributed by atoms with van der Waals surface area (Å²) in [5, 5.41) is 0. The van der Waals surface area contributed by atoms with Gasteiger partial charge in [-0.15, -0.1) is 0 Å². The molecular weight excluding hydrogens is 279 g/mol. The van der Waals surface area contributed by atoms with Crippen LogP contribution in [0.2, 0.25) is 5.82 Å². The second-order valence-corrected chi connectivity index (χ2v) is 7.33.